The molecule has 5 nitrogen and oxygen atoms in total. The molecule has 1 heterocycles. The summed E-state index contributed by atoms with van der Waals surface area (Å²) in [4.78, 5) is 21.6. The zero-order chi connectivity index (χ0) is 13.9. The van der Waals surface area contributed by atoms with Crippen LogP contribution in [0.4, 0.5) is 11.4 Å². The van der Waals surface area contributed by atoms with Gasteiger partial charge in [0.1, 0.15) is 0 Å². The van der Waals surface area contributed by atoms with Crippen molar-refractivity contribution in [1.82, 2.24) is 0 Å². The summed E-state index contributed by atoms with van der Waals surface area (Å²) in [6.07, 6.45) is 1.04. The van der Waals surface area contributed by atoms with Crippen molar-refractivity contribution in [1.29, 1.82) is 0 Å². The van der Waals surface area contributed by atoms with Crippen LogP contribution in [-0.4, -0.2) is 14.7 Å². The molecule has 0 bridgehead atoms. The third kappa shape index (κ3) is 4.19. The van der Waals surface area contributed by atoms with E-state index in [1.54, 1.807) is 0 Å². The lowest BCUT2D eigenvalue weighted by Crippen LogP contribution is -2.05. The van der Waals surface area contributed by atoms with Crippen LogP contribution in [0.3, 0.4) is 0 Å². The highest BCUT2D eigenvalue weighted by Crippen LogP contribution is 2.31. The molecule has 0 aromatic heterocycles. The smallest absolute Gasteiger partial charge is 0.355 e. The SMILES string of the molecule is O=P(O)(O)O.c1ccc2c(c1)Cc1ccccc1N2. The highest BCUT2D eigenvalue weighted by molar-refractivity contribution is 7.45. The van der Waals surface area contributed by atoms with Gasteiger partial charge < -0.3 is 20.0 Å². The van der Waals surface area contributed by atoms with Crippen LogP contribution in [-0.2, 0) is 11.0 Å². The van der Waals surface area contributed by atoms with Crippen molar-refractivity contribution in [2.45, 2.75) is 6.42 Å². The Morgan fingerprint density at radius 3 is 1.63 bits per heavy atom. The Morgan fingerprint density at radius 1 is 0.842 bits per heavy atom. The summed E-state index contributed by atoms with van der Waals surface area (Å²) in [7, 11) is -4.64. The first-order chi connectivity index (χ1) is 8.93. The number of hydrogen-bond donors (Lipinski definition) is 4. The molecule has 0 aliphatic carbocycles. The van der Waals surface area contributed by atoms with Gasteiger partial charge in [0.25, 0.3) is 0 Å². The van der Waals surface area contributed by atoms with E-state index in [0.717, 1.165) is 6.42 Å². The van der Waals surface area contributed by atoms with Crippen LogP contribution in [0.5, 0.6) is 0 Å². The topological polar surface area (TPSA) is 89.8 Å². The van der Waals surface area contributed by atoms with Crippen LogP contribution < -0.4 is 5.32 Å². The summed E-state index contributed by atoms with van der Waals surface area (Å²) in [6, 6.07) is 16.9. The lowest BCUT2D eigenvalue weighted by atomic mass is 9.98. The highest BCUT2D eigenvalue weighted by Gasteiger charge is 2.12. The third-order valence-corrected chi connectivity index (χ3v) is 2.68. The summed E-state index contributed by atoms with van der Waals surface area (Å²) in [5.41, 5.74) is 5.25. The predicted molar refractivity (Wildman–Crippen MR) is 73.2 cm³/mol. The van der Waals surface area contributed by atoms with Crippen molar-refractivity contribution in [3.8, 4) is 0 Å². The maximum absolute atomic E-state index is 8.88. The molecule has 1 aliphatic rings. The Hall–Kier alpha value is -1.65. The summed E-state index contributed by atoms with van der Waals surface area (Å²) in [6.45, 7) is 0. The zero-order valence-corrected chi connectivity index (χ0v) is 10.9. The molecule has 0 spiro atoms. The number of nitrogens with one attached hydrogen (secondary N) is 1. The van der Waals surface area contributed by atoms with E-state index in [0.29, 0.717) is 0 Å². The van der Waals surface area contributed by atoms with Crippen molar-refractivity contribution in [3.63, 3.8) is 0 Å². The molecule has 4 N–H and O–H groups in total. The van der Waals surface area contributed by atoms with Crippen molar-refractivity contribution in [2.24, 2.45) is 0 Å². The van der Waals surface area contributed by atoms with Crippen LogP contribution in [0.1, 0.15) is 11.1 Å². The predicted octanol–water partition coefficient (Wildman–Crippen LogP) is 2.41. The quantitative estimate of drug-likeness (QED) is 0.474. The van der Waals surface area contributed by atoms with Gasteiger partial charge in [0.2, 0.25) is 0 Å². The first-order valence-corrected chi connectivity index (χ1v) is 7.21. The standard InChI is InChI=1S/C13H11N.H3O4P/c1-3-7-12-10(5-1)9-11-6-2-4-8-13(11)14-12;1-5(2,3)4/h1-8,14H,9H2;(H3,1,2,3,4). The van der Waals surface area contributed by atoms with Gasteiger partial charge in [-0.1, -0.05) is 36.4 Å². The molecule has 2 aromatic rings. The number of fused-ring (bicyclic) bond motifs is 2. The number of anilines is 2. The Kier molecular flexibility index (Phi) is 4.02. The normalized spacial score (nSPS) is 12.4. The largest absolute Gasteiger partial charge is 0.466 e. The number of para-hydroxylation sites is 2. The van der Waals surface area contributed by atoms with Crippen molar-refractivity contribution in [2.75, 3.05) is 5.32 Å². The third-order valence-electron chi connectivity index (χ3n) is 2.68. The van der Waals surface area contributed by atoms with Gasteiger partial charge in [0.15, 0.2) is 0 Å². The van der Waals surface area contributed by atoms with Crippen LogP contribution in [0.15, 0.2) is 48.5 Å². The minimum atomic E-state index is -4.64. The van der Waals surface area contributed by atoms with Crippen LogP contribution in [0.25, 0.3) is 0 Å². The van der Waals surface area contributed by atoms with E-state index >= 15 is 0 Å². The summed E-state index contributed by atoms with van der Waals surface area (Å²) >= 11 is 0. The van der Waals surface area contributed by atoms with E-state index in [9.17, 15) is 0 Å². The minimum absolute atomic E-state index is 1.04. The second kappa shape index (κ2) is 5.55. The summed E-state index contributed by atoms with van der Waals surface area (Å²) in [5.74, 6) is 0. The molecule has 0 unspecified atom stereocenters. The van der Waals surface area contributed by atoms with Crippen molar-refractivity contribution >= 4 is 19.2 Å². The van der Waals surface area contributed by atoms with E-state index < -0.39 is 7.82 Å². The maximum atomic E-state index is 8.88. The second-order valence-electron chi connectivity index (χ2n) is 4.13. The fourth-order valence-electron chi connectivity index (χ4n) is 1.94. The molecule has 0 amide bonds. The summed E-state index contributed by atoms with van der Waals surface area (Å²) in [5, 5.41) is 3.44. The molecule has 0 radical (unpaired) electrons. The van der Waals surface area contributed by atoms with E-state index in [2.05, 4.69) is 53.8 Å². The Morgan fingerprint density at radius 2 is 1.21 bits per heavy atom. The highest BCUT2D eigenvalue weighted by atomic mass is 31.2. The first kappa shape index (κ1) is 13.8. The molecular formula is C13H14NO4P. The molecule has 0 saturated heterocycles. The van der Waals surface area contributed by atoms with Gasteiger partial charge in [-0.2, -0.15) is 0 Å². The van der Waals surface area contributed by atoms with E-state index in [4.69, 9.17) is 19.2 Å². The number of hydrogen-bond acceptors (Lipinski definition) is 2. The van der Waals surface area contributed by atoms with E-state index in [1.165, 1.54) is 22.5 Å². The van der Waals surface area contributed by atoms with Gasteiger partial charge >= 0.3 is 7.82 Å². The van der Waals surface area contributed by atoms with Crippen molar-refractivity contribution < 1.29 is 19.2 Å². The van der Waals surface area contributed by atoms with E-state index in [-0.39, 0.29) is 0 Å². The van der Waals surface area contributed by atoms with E-state index in [1.807, 2.05) is 0 Å². The second-order valence-corrected chi connectivity index (χ2v) is 5.16. The monoisotopic (exact) mass is 279 g/mol. The maximum Gasteiger partial charge on any atom is 0.466 e. The summed E-state index contributed by atoms with van der Waals surface area (Å²) < 4.78 is 8.88. The average Bonchev–Trinajstić information content (AvgIpc) is 2.34. The Bertz CT molecular complexity index is 528. The van der Waals surface area contributed by atoms with Gasteiger partial charge in [0, 0.05) is 17.8 Å². The number of phosphoric acid groups is 1. The molecule has 0 saturated carbocycles. The van der Waals surface area contributed by atoms with Crippen LogP contribution >= 0.6 is 7.82 Å². The molecule has 2 aromatic carbocycles. The Balaban J connectivity index is 0.000000232. The molecule has 6 heteroatoms. The van der Waals surface area contributed by atoms with Gasteiger partial charge in [-0.25, -0.2) is 4.57 Å². The lowest BCUT2D eigenvalue weighted by molar-refractivity contribution is 0.275. The molecule has 0 atom stereocenters. The van der Waals surface area contributed by atoms with Crippen LogP contribution in [0.2, 0.25) is 0 Å². The van der Waals surface area contributed by atoms with Gasteiger partial charge in [-0.05, 0) is 23.3 Å². The molecule has 19 heavy (non-hydrogen) atoms. The molecule has 3 rings (SSSR count). The zero-order valence-electron chi connectivity index (χ0n) is 10.0. The minimum Gasteiger partial charge on any atom is -0.355 e. The molecule has 100 valence electrons. The Labute approximate surface area is 110 Å². The molecule has 1 aliphatic heterocycles. The fraction of sp³-hybridized carbons (Fsp3) is 0.0769. The van der Waals surface area contributed by atoms with Gasteiger partial charge in [-0.15, -0.1) is 0 Å². The van der Waals surface area contributed by atoms with Gasteiger partial charge in [0.05, 0.1) is 0 Å². The van der Waals surface area contributed by atoms with Crippen LogP contribution in [0, 0.1) is 0 Å². The van der Waals surface area contributed by atoms with Crippen molar-refractivity contribution in [3.05, 3.63) is 59.7 Å². The molecular weight excluding hydrogens is 265 g/mol. The number of rotatable bonds is 0. The molecule has 0 fully saturated rings. The fourth-order valence-corrected chi connectivity index (χ4v) is 1.94. The van der Waals surface area contributed by atoms with Gasteiger partial charge in [-0.3, -0.25) is 0 Å². The average molecular weight is 279 g/mol. The lowest BCUT2D eigenvalue weighted by Gasteiger charge is -2.20. The first-order valence-electron chi connectivity index (χ1n) is 5.64. The number of benzene rings is 2.